The Labute approximate surface area is 175 Å². The fourth-order valence-corrected chi connectivity index (χ4v) is 2.98. The molecule has 0 bridgehead atoms. The molecule has 7 heteroatoms. The first-order chi connectivity index (χ1) is 14.6. The van der Waals surface area contributed by atoms with E-state index in [9.17, 15) is 9.59 Å². The number of hydrogen-bond acceptors (Lipinski definition) is 6. The van der Waals surface area contributed by atoms with E-state index in [0.29, 0.717) is 34.9 Å². The number of benzene rings is 2. The van der Waals surface area contributed by atoms with Crippen molar-refractivity contribution in [1.82, 2.24) is 9.78 Å². The number of esters is 1. The lowest BCUT2D eigenvalue weighted by molar-refractivity contribution is 0.0601. The van der Waals surface area contributed by atoms with Gasteiger partial charge in [-0.05, 0) is 42.8 Å². The summed E-state index contributed by atoms with van der Waals surface area (Å²) in [6.07, 6.45) is 1.11. The van der Waals surface area contributed by atoms with Crippen LogP contribution in [-0.2, 0) is 9.47 Å². The number of nitrogens with zero attached hydrogens (tertiary/aromatic N) is 2. The molecule has 0 unspecified atom stereocenters. The van der Waals surface area contributed by atoms with Crippen LogP contribution in [0.5, 0.6) is 5.75 Å². The molecule has 7 nitrogen and oxygen atoms in total. The highest BCUT2D eigenvalue weighted by molar-refractivity contribution is 5.97. The molecule has 0 amide bonds. The summed E-state index contributed by atoms with van der Waals surface area (Å²) in [5.41, 5.74) is 2.71. The molecular formula is C23H24N2O5. The molecule has 3 rings (SSSR count). The minimum atomic E-state index is -0.573. The zero-order valence-electron chi connectivity index (χ0n) is 17.3. The maximum atomic E-state index is 12.7. The Hall–Kier alpha value is -3.61. The SMILES string of the molecule is CCCCOC(=O)n1nc(-c2ccccc2C(=O)OC)cc1-c1ccc(OC)cc1. The van der Waals surface area contributed by atoms with Crippen molar-refractivity contribution in [3.8, 4) is 28.3 Å². The Bertz CT molecular complexity index is 1020. The van der Waals surface area contributed by atoms with Gasteiger partial charge in [-0.15, -0.1) is 0 Å². The summed E-state index contributed by atoms with van der Waals surface area (Å²) in [5, 5.41) is 4.46. The fourth-order valence-electron chi connectivity index (χ4n) is 2.98. The largest absolute Gasteiger partial charge is 0.497 e. The Balaban J connectivity index is 2.08. The van der Waals surface area contributed by atoms with Crippen molar-refractivity contribution < 1.29 is 23.8 Å². The first-order valence-corrected chi connectivity index (χ1v) is 9.68. The highest BCUT2D eigenvalue weighted by atomic mass is 16.6. The van der Waals surface area contributed by atoms with E-state index in [1.165, 1.54) is 11.8 Å². The van der Waals surface area contributed by atoms with Crippen LogP contribution >= 0.6 is 0 Å². The molecule has 0 aliphatic carbocycles. The molecule has 0 aliphatic rings. The summed E-state index contributed by atoms with van der Waals surface area (Å²) in [7, 11) is 2.91. The smallest absolute Gasteiger partial charge is 0.435 e. The van der Waals surface area contributed by atoms with Crippen LogP contribution in [0.2, 0.25) is 0 Å². The van der Waals surface area contributed by atoms with Gasteiger partial charge in [0.05, 0.1) is 37.8 Å². The van der Waals surface area contributed by atoms with Crippen LogP contribution in [0, 0.1) is 0 Å². The monoisotopic (exact) mass is 408 g/mol. The van der Waals surface area contributed by atoms with Crippen LogP contribution in [0.1, 0.15) is 30.1 Å². The van der Waals surface area contributed by atoms with Gasteiger partial charge in [-0.2, -0.15) is 9.78 Å². The molecule has 3 aromatic rings. The summed E-state index contributed by atoms with van der Waals surface area (Å²) in [5.74, 6) is 0.225. The van der Waals surface area contributed by atoms with Gasteiger partial charge in [0, 0.05) is 11.1 Å². The highest BCUT2D eigenvalue weighted by Gasteiger charge is 2.21. The van der Waals surface area contributed by atoms with Gasteiger partial charge >= 0.3 is 12.1 Å². The zero-order valence-corrected chi connectivity index (χ0v) is 17.3. The van der Waals surface area contributed by atoms with Crippen molar-refractivity contribution in [2.45, 2.75) is 19.8 Å². The summed E-state index contributed by atoms with van der Waals surface area (Å²) >= 11 is 0. The van der Waals surface area contributed by atoms with E-state index < -0.39 is 12.1 Å². The lowest BCUT2D eigenvalue weighted by Gasteiger charge is -2.08. The standard InChI is InChI=1S/C23H24N2O5/c1-4-5-14-30-23(27)25-21(16-10-12-17(28-2)13-11-16)15-20(24-25)18-8-6-7-9-19(18)22(26)29-3/h6-13,15H,4-5,14H2,1-3H3. The van der Waals surface area contributed by atoms with Crippen LogP contribution in [0.3, 0.4) is 0 Å². The van der Waals surface area contributed by atoms with Crippen LogP contribution < -0.4 is 4.74 Å². The van der Waals surface area contributed by atoms with Crippen molar-refractivity contribution >= 4 is 12.1 Å². The summed E-state index contributed by atoms with van der Waals surface area (Å²) in [4.78, 5) is 24.9. The third-order valence-electron chi connectivity index (χ3n) is 4.60. The lowest BCUT2D eigenvalue weighted by Crippen LogP contribution is -2.17. The number of rotatable bonds is 7. The molecule has 0 fully saturated rings. The first kappa shape index (κ1) is 21.1. The van der Waals surface area contributed by atoms with Crippen LogP contribution in [0.15, 0.2) is 54.6 Å². The average molecular weight is 408 g/mol. The Morgan fingerprint density at radius 3 is 2.43 bits per heavy atom. The van der Waals surface area contributed by atoms with Gasteiger partial charge in [-0.25, -0.2) is 9.59 Å². The van der Waals surface area contributed by atoms with Gasteiger partial charge in [0.25, 0.3) is 0 Å². The predicted molar refractivity (Wildman–Crippen MR) is 113 cm³/mol. The normalized spacial score (nSPS) is 10.5. The van der Waals surface area contributed by atoms with Crippen molar-refractivity contribution in [3.05, 3.63) is 60.2 Å². The molecule has 1 heterocycles. The van der Waals surface area contributed by atoms with Gasteiger partial charge in [-0.3, -0.25) is 0 Å². The molecule has 0 saturated carbocycles. The number of aromatic nitrogens is 2. The highest BCUT2D eigenvalue weighted by Crippen LogP contribution is 2.30. The maximum Gasteiger partial charge on any atom is 0.435 e. The molecular weight excluding hydrogens is 384 g/mol. The van der Waals surface area contributed by atoms with E-state index in [0.717, 1.165) is 18.4 Å². The molecule has 0 radical (unpaired) electrons. The molecule has 2 aromatic carbocycles. The van der Waals surface area contributed by atoms with Gasteiger partial charge in [0.1, 0.15) is 5.75 Å². The molecule has 0 saturated heterocycles. The summed E-state index contributed by atoms with van der Waals surface area (Å²) in [6, 6.07) is 16.0. The number of ether oxygens (including phenoxy) is 3. The fraction of sp³-hybridized carbons (Fsp3) is 0.261. The molecule has 156 valence electrons. The molecule has 0 N–H and O–H groups in total. The average Bonchev–Trinajstić information content (AvgIpc) is 3.24. The van der Waals surface area contributed by atoms with Crippen molar-refractivity contribution in [3.63, 3.8) is 0 Å². The van der Waals surface area contributed by atoms with Gasteiger partial charge in [-0.1, -0.05) is 31.5 Å². The van der Waals surface area contributed by atoms with E-state index in [1.807, 2.05) is 19.1 Å². The van der Waals surface area contributed by atoms with Crippen LogP contribution in [0.25, 0.3) is 22.5 Å². The number of methoxy groups -OCH3 is 2. The van der Waals surface area contributed by atoms with Gasteiger partial charge < -0.3 is 14.2 Å². The van der Waals surface area contributed by atoms with E-state index >= 15 is 0 Å². The van der Waals surface area contributed by atoms with Crippen molar-refractivity contribution in [2.24, 2.45) is 0 Å². The Kier molecular flexibility index (Phi) is 6.85. The molecule has 30 heavy (non-hydrogen) atoms. The predicted octanol–water partition coefficient (Wildman–Crippen LogP) is 4.80. The van der Waals surface area contributed by atoms with E-state index in [-0.39, 0.29) is 0 Å². The zero-order chi connectivity index (χ0) is 21.5. The quantitative estimate of drug-likeness (QED) is 0.413. The van der Waals surface area contributed by atoms with E-state index in [2.05, 4.69) is 5.10 Å². The second-order valence-electron chi connectivity index (χ2n) is 6.56. The first-order valence-electron chi connectivity index (χ1n) is 9.68. The van der Waals surface area contributed by atoms with Crippen molar-refractivity contribution in [2.75, 3.05) is 20.8 Å². The molecule has 1 aromatic heterocycles. The number of unbranched alkanes of at least 4 members (excludes halogenated alkanes) is 1. The van der Waals surface area contributed by atoms with Gasteiger partial charge in [0.2, 0.25) is 0 Å². The molecule has 0 atom stereocenters. The van der Waals surface area contributed by atoms with E-state index in [1.54, 1.807) is 49.6 Å². The van der Waals surface area contributed by atoms with E-state index in [4.69, 9.17) is 14.2 Å². The van der Waals surface area contributed by atoms with Crippen LogP contribution in [-0.4, -0.2) is 42.7 Å². The molecule has 0 aliphatic heterocycles. The topological polar surface area (TPSA) is 79.7 Å². The van der Waals surface area contributed by atoms with Crippen molar-refractivity contribution in [1.29, 1.82) is 0 Å². The second kappa shape index (κ2) is 9.73. The number of hydrogen-bond donors (Lipinski definition) is 0. The molecule has 0 spiro atoms. The number of carbonyl (C=O) groups excluding carboxylic acids is 2. The van der Waals surface area contributed by atoms with Crippen LogP contribution in [0.4, 0.5) is 4.79 Å². The number of carbonyl (C=O) groups is 2. The lowest BCUT2D eigenvalue weighted by atomic mass is 10.0. The summed E-state index contributed by atoms with van der Waals surface area (Å²) < 4.78 is 16.7. The second-order valence-corrected chi connectivity index (χ2v) is 6.56. The maximum absolute atomic E-state index is 12.7. The minimum Gasteiger partial charge on any atom is -0.497 e. The third kappa shape index (κ3) is 4.51. The third-order valence-corrected chi connectivity index (χ3v) is 4.60. The summed E-state index contributed by atoms with van der Waals surface area (Å²) in [6.45, 7) is 2.33. The minimum absolute atomic E-state index is 0.311. The van der Waals surface area contributed by atoms with Gasteiger partial charge in [0.15, 0.2) is 0 Å². The Morgan fingerprint density at radius 1 is 1.03 bits per heavy atom. The Morgan fingerprint density at radius 2 is 1.77 bits per heavy atom.